The number of ether oxygens (including phenoxy) is 3. The molecule has 0 aromatic heterocycles. The monoisotopic (exact) mass is 666 g/mol. The van der Waals surface area contributed by atoms with E-state index >= 15 is 0 Å². The Labute approximate surface area is 289 Å². The summed E-state index contributed by atoms with van der Waals surface area (Å²) in [6.45, 7) is 12.6. The van der Waals surface area contributed by atoms with Gasteiger partial charge in [-0.15, -0.1) is 13.1 Å². The Morgan fingerprint density at radius 1 is 0.702 bits per heavy atom. The largest absolute Gasteiger partial charge is 1.00 e. The van der Waals surface area contributed by atoms with E-state index in [0.717, 1.165) is 0 Å². The second-order valence-corrected chi connectivity index (χ2v) is 9.57. The molecule has 0 bridgehead atoms. The number of nitrogens with one attached hydrogen (secondary N) is 1. The van der Waals surface area contributed by atoms with Crippen molar-refractivity contribution in [2.75, 3.05) is 98.5 Å². The number of hydrogen-bond donors (Lipinski definition) is 5. The van der Waals surface area contributed by atoms with Crippen LogP contribution < -0.4 is 24.2 Å². The molecule has 0 saturated heterocycles. The summed E-state index contributed by atoms with van der Waals surface area (Å²) in [5.74, 6) is -4.67. The first-order valence-corrected chi connectivity index (χ1v) is 14.5. The molecule has 0 aromatic carbocycles. The molecule has 0 aliphatic carbocycles. The van der Waals surface area contributed by atoms with E-state index in [0.29, 0.717) is 26.4 Å². The molecular weight excluding hydrogens is 618 g/mol. The molecule has 2 radical (unpaired) electrons. The Balaban J connectivity index is -0.00000364. The molecule has 1 atom stereocenters. The van der Waals surface area contributed by atoms with Gasteiger partial charge in [-0.2, -0.15) is 0 Å². The molecule has 1 amide bonds. The van der Waals surface area contributed by atoms with E-state index in [1.807, 2.05) is 0 Å². The average Bonchev–Trinajstić information content (AvgIpc) is 2.96. The van der Waals surface area contributed by atoms with Crippen molar-refractivity contribution in [1.29, 1.82) is 0 Å². The van der Waals surface area contributed by atoms with Crippen molar-refractivity contribution >= 4 is 43.3 Å². The molecule has 5 N–H and O–H groups in total. The van der Waals surface area contributed by atoms with Gasteiger partial charge in [0.15, 0.2) is 13.8 Å². The van der Waals surface area contributed by atoms with Crippen LogP contribution in [0, 0.1) is 20.8 Å². The van der Waals surface area contributed by atoms with E-state index in [4.69, 9.17) is 42.2 Å². The summed E-state index contributed by atoms with van der Waals surface area (Å²) < 4.78 is 15.9. The van der Waals surface area contributed by atoms with Gasteiger partial charge in [0.2, 0.25) is 5.91 Å². The van der Waals surface area contributed by atoms with Crippen LogP contribution in [0.3, 0.4) is 0 Å². The minimum atomic E-state index is -1.15. The molecule has 19 heteroatoms. The molecular formula is C28H48BLiN4O13-2. The second kappa shape index (κ2) is 31.9. The number of carbonyl (C=O) groups is 6. The summed E-state index contributed by atoms with van der Waals surface area (Å²) in [4.78, 5) is 70.9. The average molecular weight is 666 g/mol. The molecule has 0 heterocycles. The van der Waals surface area contributed by atoms with E-state index in [1.54, 1.807) is 14.7 Å². The third-order valence-corrected chi connectivity index (χ3v) is 5.93. The maximum atomic E-state index is 12.4. The Morgan fingerprint density at radius 2 is 1.13 bits per heavy atom. The molecule has 47 heavy (non-hydrogen) atoms. The Kier molecular flexibility index (Phi) is 33.0. The first-order chi connectivity index (χ1) is 21.7. The fraction of sp³-hybridized carbons (Fsp3) is 0.679. The van der Waals surface area contributed by atoms with Crippen molar-refractivity contribution in [2.45, 2.75) is 25.3 Å². The van der Waals surface area contributed by atoms with Crippen LogP contribution in [0.4, 0.5) is 0 Å². The zero-order valence-electron chi connectivity index (χ0n) is 27.3. The summed E-state index contributed by atoms with van der Waals surface area (Å²) in [6, 6.07) is -1.06. The summed E-state index contributed by atoms with van der Waals surface area (Å²) in [5.41, 5.74) is -0.433. The third kappa shape index (κ3) is 33.0. The van der Waals surface area contributed by atoms with Gasteiger partial charge in [-0.25, -0.2) is 0 Å². The van der Waals surface area contributed by atoms with Crippen molar-refractivity contribution in [3.8, 4) is 0 Å². The predicted octanol–water partition coefficient (Wildman–Crippen LogP) is -4.88. The number of aliphatic carboxylic acids is 4. The zero-order chi connectivity index (χ0) is 35.3. The van der Waals surface area contributed by atoms with Crippen molar-refractivity contribution in [2.24, 2.45) is 0 Å². The zero-order valence-corrected chi connectivity index (χ0v) is 27.3. The van der Waals surface area contributed by atoms with Crippen LogP contribution in [-0.4, -0.2) is 183 Å². The normalized spacial score (nSPS) is 11.3. The van der Waals surface area contributed by atoms with Gasteiger partial charge in [0.25, 0.3) is 0 Å². The Bertz CT molecular complexity index is 872. The summed E-state index contributed by atoms with van der Waals surface area (Å²) >= 11 is 0. The smallest absolute Gasteiger partial charge is 0.503 e. The van der Waals surface area contributed by atoms with Gasteiger partial charge in [0.1, 0.15) is 6.04 Å². The van der Waals surface area contributed by atoms with Crippen molar-refractivity contribution < 1.29 is 82.3 Å². The van der Waals surface area contributed by atoms with Gasteiger partial charge < -0.3 is 68.4 Å². The van der Waals surface area contributed by atoms with Crippen molar-refractivity contribution in [3.63, 3.8) is 0 Å². The number of carboxylic acid groups (broad SMARTS) is 4. The van der Waals surface area contributed by atoms with Crippen LogP contribution >= 0.6 is 0 Å². The van der Waals surface area contributed by atoms with Crippen LogP contribution in [0.5, 0.6) is 0 Å². The fourth-order valence-electron chi connectivity index (χ4n) is 3.68. The summed E-state index contributed by atoms with van der Waals surface area (Å²) in [7, 11) is 5.00. The first-order valence-electron chi connectivity index (χ1n) is 14.5. The molecule has 0 aromatic rings. The SMILES string of the molecule is [B]C(=O)CCOCCOCCOCCNC(=O)CCC(C(=O)O)N(CCN(C[CH2-])CC(=O)O)CCN(C[CH2-])CC(=O)O.[CH2-]C(=O)O.[Li+]. The maximum absolute atomic E-state index is 12.4. The maximum Gasteiger partial charge on any atom is 1.00 e. The standard InChI is InChI=1S/C26H45BN4O11.C2H3O2.Li/c1-3-29(19-24(34)35)9-11-31(12-10-30(4-2)20-25(36)37)21(26(38)39)5-6-23(33)28-8-14-41-16-18-42-17-15-40-13-7-22(27)32;1-2(3)4;/h21H,1-20H2,(H,28,33)(H,34,35)(H,36,37)(H,38,39);1H2,(H,3,4);/q-2;-1;+1. The number of amides is 1. The van der Waals surface area contributed by atoms with Gasteiger partial charge in [-0.3, -0.25) is 35.8 Å². The molecule has 0 spiro atoms. The van der Waals surface area contributed by atoms with Crippen LogP contribution in [0.25, 0.3) is 0 Å². The summed E-state index contributed by atoms with van der Waals surface area (Å²) in [6.07, 6.45) is 0.0666. The van der Waals surface area contributed by atoms with E-state index < -0.39 is 35.6 Å². The number of rotatable bonds is 29. The molecule has 0 fully saturated rings. The molecule has 0 aliphatic heterocycles. The molecule has 0 aliphatic rings. The molecule has 1 unspecified atom stereocenters. The Hall–Kier alpha value is -2.69. The van der Waals surface area contributed by atoms with Gasteiger partial charge in [0, 0.05) is 45.6 Å². The quantitative estimate of drug-likeness (QED) is 0.0286. The van der Waals surface area contributed by atoms with Crippen LogP contribution in [0.15, 0.2) is 0 Å². The van der Waals surface area contributed by atoms with Crippen molar-refractivity contribution in [3.05, 3.63) is 20.8 Å². The number of nitrogens with zero attached hydrogens (tertiary/aromatic N) is 3. The number of hydrogen-bond acceptors (Lipinski definition) is 12. The second-order valence-electron chi connectivity index (χ2n) is 9.57. The fourth-order valence-corrected chi connectivity index (χ4v) is 3.68. The van der Waals surface area contributed by atoms with Gasteiger partial charge in [-0.1, -0.05) is 0 Å². The molecule has 264 valence electrons. The van der Waals surface area contributed by atoms with E-state index in [9.17, 15) is 29.1 Å². The minimum Gasteiger partial charge on any atom is -0.503 e. The van der Waals surface area contributed by atoms with Crippen LogP contribution in [-0.2, 0) is 43.0 Å². The van der Waals surface area contributed by atoms with Gasteiger partial charge in [0.05, 0.1) is 58.4 Å². The first kappa shape index (κ1) is 48.7. The minimum absolute atomic E-state index is 0. The molecule has 0 rings (SSSR count). The Morgan fingerprint density at radius 3 is 1.51 bits per heavy atom. The molecule has 17 nitrogen and oxygen atoms in total. The van der Waals surface area contributed by atoms with E-state index in [1.165, 1.54) is 0 Å². The van der Waals surface area contributed by atoms with E-state index in [-0.39, 0.29) is 116 Å². The summed E-state index contributed by atoms with van der Waals surface area (Å²) in [5, 5.41) is 38.1. The predicted molar refractivity (Wildman–Crippen MR) is 165 cm³/mol. The number of carboxylic acids is 4. The van der Waals surface area contributed by atoms with Crippen LogP contribution in [0.2, 0.25) is 0 Å². The van der Waals surface area contributed by atoms with Crippen LogP contribution in [0.1, 0.15) is 19.3 Å². The third-order valence-electron chi connectivity index (χ3n) is 5.93. The number of carbonyl (C=O) groups excluding carboxylic acids is 2. The molecule has 0 saturated carbocycles. The van der Waals surface area contributed by atoms with Crippen molar-refractivity contribution in [1.82, 2.24) is 20.0 Å². The van der Waals surface area contributed by atoms with E-state index in [2.05, 4.69) is 26.1 Å². The van der Waals surface area contributed by atoms with Gasteiger partial charge >= 0.3 is 36.8 Å². The van der Waals surface area contributed by atoms with Gasteiger partial charge in [-0.05, 0) is 6.42 Å². The topological polar surface area (TPSA) is 233 Å².